The van der Waals surface area contributed by atoms with Crippen molar-refractivity contribution >= 4 is 51.9 Å². The number of methoxy groups -OCH3 is 1. The van der Waals surface area contributed by atoms with Gasteiger partial charge >= 0.3 is 6.18 Å². The number of nitriles is 1. The number of hydrogen-bond acceptors (Lipinski definition) is 4. The molecule has 1 amide bonds. The molecule has 0 saturated heterocycles. The van der Waals surface area contributed by atoms with Gasteiger partial charge in [0.2, 0.25) is 0 Å². The number of carbonyl (C=O) groups excluding carboxylic acids is 1. The van der Waals surface area contributed by atoms with Crippen LogP contribution in [0.2, 0.25) is 5.02 Å². The van der Waals surface area contributed by atoms with Gasteiger partial charge in [0.05, 0.1) is 27.0 Å². The van der Waals surface area contributed by atoms with Crippen molar-refractivity contribution in [2.24, 2.45) is 0 Å². The van der Waals surface area contributed by atoms with Gasteiger partial charge in [-0.15, -0.1) is 0 Å². The molecule has 0 unspecified atom stereocenters. The molecule has 186 valence electrons. The Kier molecular flexibility index (Phi) is 8.81. The number of halogens is 6. The van der Waals surface area contributed by atoms with Gasteiger partial charge in [-0.3, -0.25) is 4.79 Å². The summed E-state index contributed by atoms with van der Waals surface area (Å²) >= 11 is 7.91. The van der Waals surface area contributed by atoms with Crippen molar-refractivity contribution in [1.29, 1.82) is 5.26 Å². The normalized spacial score (nSPS) is 11.6. The molecule has 0 saturated carbocycles. The van der Waals surface area contributed by atoms with Crippen LogP contribution in [-0.2, 0) is 17.6 Å². The Labute approximate surface area is 222 Å². The lowest BCUT2D eigenvalue weighted by molar-refractivity contribution is -0.137. The van der Waals surface area contributed by atoms with Crippen molar-refractivity contribution in [3.8, 4) is 17.6 Å². The van der Waals surface area contributed by atoms with Crippen LogP contribution in [0.15, 0.2) is 60.2 Å². The molecule has 3 aromatic carbocycles. The smallest absolute Gasteiger partial charge is 0.416 e. The minimum atomic E-state index is -4.63. The van der Waals surface area contributed by atoms with Crippen molar-refractivity contribution < 1.29 is 31.8 Å². The third-order valence-corrected chi connectivity index (χ3v) is 5.90. The molecule has 0 aliphatic heterocycles. The standard InChI is InChI=1S/C25H16ClF4IN2O3/c1-35-22-10-15(9-20(31)23(22)36-13-14-2-5-18(27)6-3-14)8-16(12-32)24(34)33-21-11-17(25(28,29)30)4-7-19(21)26/h2-11H,13H2,1H3,(H,33,34). The number of benzene rings is 3. The van der Waals surface area contributed by atoms with E-state index < -0.39 is 17.6 Å². The molecule has 0 aromatic heterocycles. The number of amides is 1. The maximum absolute atomic E-state index is 13.1. The molecular formula is C25H16ClF4IN2O3. The van der Waals surface area contributed by atoms with Gasteiger partial charge in [-0.1, -0.05) is 23.7 Å². The summed E-state index contributed by atoms with van der Waals surface area (Å²) in [5.41, 5.74) is -0.516. The summed E-state index contributed by atoms with van der Waals surface area (Å²) in [6, 6.07) is 13.2. The minimum absolute atomic E-state index is 0.118. The van der Waals surface area contributed by atoms with E-state index in [1.807, 2.05) is 22.6 Å². The molecule has 0 heterocycles. The highest BCUT2D eigenvalue weighted by Crippen LogP contribution is 2.36. The monoisotopic (exact) mass is 630 g/mol. The first-order valence-corrected chi connectivity index (χ1v) is 11.5. The number of nitrogens with one attached hydrogen (secondary N) is 1. The summed E-state index contributed by atoms with van der Waals surface area (Å²) < 4.78 is 63.9. The Bertz CT molecular complexity index is 1350. The second-order valence-electron chi connectivity index (χ2n) is 7.27. The van der Waals surface area contributed by atoms with E-state index in [0.717, 1.165) is 17.7 Å². The lowest BCUT2D eigenvalue weighted by Crippen LogP contribution is -2.15. The Morgan fingerprint density at radius 2 is 1.86 bits per heavy atom. The average Bonchev–Trinajstić information content (AvgIpc) is 2.83. The third kappa shape index (κ3) is 6.89. The summed E-state index contributed by atoms with van der Waals surface area (Å²) in [7, 11) is 1.41. The lowest BCUT2D eigenvalue weighted by atomic mass is 10.1. The zero-order valence-corrected chi connectivity index (χ0v) is 21.3. The molecule has 0 spiro atoms. The van der Waals surface area contributed by atoms with Crippen LogP contribution in [-0.4, -0.2) is 13.0 Å². The van der Waals surface area contributed by atoms with Gasteiger partial charge in [-0.2, -0.15) is 18.4 Å². The van der Waals surface area contributed by atoms with Gasteiger partial charge in [0, 0.05) is 0 Å². The van der Waals surface area contributed by atoms with Crippen LogP contribution in [0.25, 0.3) is 6.08 Å². The number of alkyl halides is 3. The van der Waals surface area contributed by atoms with Crippen LogP contribution < -0.4 is 14.8 Å². The summed E-state index contributed by atoms with van der Waals surface area (Å²) in [5, 5.41) is 11.6. The quantitative estimate of drug-likeness (QED) is 0.129. The van der Waals surface area contributed by atoms with Crippen LogP contribution in [0.4, 0.5) is 23.2 Å². The predicted molar refractivity (Wildman–Crippen MR) is 135 cm³/mol. The average molecular weight is 631 g/mol. The fourth-order valence-corrected chi connectivity index (χ4v) is 3.95. The molecule has 0 radical (unpaired) electrons. The largest absolute Gasteiger partial charge is 0.493 e. The topological polar surface area (TPSA) is 71.3 Å². The van der Waals surface area contributed by atoms with Gasteiger partial charge in [0.25, 0.3) is 5.91 Å². The number of anilines is 1. The van der Waals surface area contributed by atoms with Gasteiger partial charge in [0.15, 0.2) is 11.5 Å². The van der Waals surface area contributed by atoms with Crippen molar-refractivity contribution in [2.75, 3.05) is 12.4 Å². The van der Waals surface area contributed by atoms with Crippen LogP contribution >= 0.6 is 34.2 Å². The molecule has 0 atom stereocenters. The van der Waals surface area contributed by atoms with Gasteiger partial charge < -0.3 is 14.8 Å². The predicted octanol–water partition coefficient (Wildman–Crippen LogP) is 7.24. The van der Waals surface area contributed by atoms with Crippen LogP contribution in [0, 0.1) is 20.7 Å². The van der Waals surface area contributed by atoms with Crippen molar-refractivity contribution in [3.05, 3.63) is 91.3 Å². The number of ether oxygens (including phenoxy) is 2. The van der Waals surface area contributed by atoms with Gasteiger partial charge in [-0.05, 0) is 82.3 Å². The molecular weight excluding hydrogens is 615 g/mol. The summed E-state index contributed by atoms with van der Waals surface area (Å²) in [6.45, 7) is 0.144. The molecule has 0 bridgehead atoms. The minimum Gasteiger partial charge on any atom is -0.493 e. The van der Waals surface area contributed by atoms with E-state index in [0.29, 0.717) is 26.7 Å². The first-order valence-electron chi connectivity index (χ1n) is 10.1. The SMILES string of the molecule is COc1cc(C=C(C#N)C(=O)Nc2cc(C(F)(F)F)ccc2Cl)cc(I)c1OCc1ccc(F)cc1. The summed E-state index contributed by atoms with van der Waals surface area (Å²) in [4.78, 5) is 12.6. The Hall–Kier alpha value is -3.30. The maximum atomic E-state index is 13.1. The molecule has 0 aliphatic carbocycles. The van der Waals surface area contributed by atoms with Gasteiger partial charge in [0.1, 0.15) is 24.1 Å². The third-order valence-electron chi connectivity index (χ3n) is 4.77. The summed E-state index contributed by atoms with van der Waals surface area (Å²) in [5.74, 6) is -0.591. The van der Waals surface area contributed by atoms with E-state index in [2.05, 4.69) is 5.32 Å². The zero-order chi connectivity index (χ0) is 26.5. The fourth-order valence-electron chi connectivity index (χ4n) is 3.00. The van der Waals surface area contributed by atoms with E-state index in [4.69, 9.17) is 21.1 Å². The second kappa shape index (κ2) is 11.6. The van der Waals surface area contributed by atoms with Crippen LogP contribution in [0.5, 0.6) is 11.5 Å². The molecule has 5 nitrogen and oxygen atoms in total. The van der Waals surface area contributed by atoms with Crippen molar-refractivity contribution in [1.82, 2.24) is 0 Å². The first kappa shape index (κ1) is 27.3. The Morgan fingerprint density at radius 3 is 2.47 bits per heavy atom. The Balaban J connectivity index is 1.84. The number of hydrogen-bond donors (Lipinski definition) is 1. The molecule has 0 fully saturated rings. The molecule has 1 N–H and O–H groups in total. The Morgan fingerprint density at radius 1 is 1.17 bits per heavy atom. The highest BCUT2D eigenvalue weighted by atomic mass is 127. The lowest BCUT2D eigenvalue weighted by Gasteiger charge is -2.14. The zero-order valence-electron chi connectivity index (χ0n) is 18.4. The number of nitrogens with zero attached hydrogens (tertiary/aromatic N) is 1. The van der Waals surface area contributed by atoms with Crippen LogP contribution in [0.3, 0.4) is 0 Å². The highest BCUT2D eigenvalue weighted by Gasteiger charge is 2.31. The van der Waals surface area contributed by atoms with E-state index in [-0.39, 0.29) is 28.7 Å². The molecule has 3 rings (SSSR count). The van der Waals surface area contributed by atoms with E-state index in [1.165, 1.54) is 31.4 Å². The molecule has 3 aromatic rings. The van der Waals surface area contributed by atoms with Crippen molar-refractivity contribution in [3.63, 3.8) is 0 Å². The van der Waals surface area contributed by atoms with Gasteiger partial charge in [-0.25, -0.2) is 4.39 Å². The molecule has 0 aliphatic rings. The van der Waals surface area contributed by atoms with E-state index >= 15 is 0 Å². The number of rotatable bonds is 7. The fraction of sp³-hybridized carbons (Fsp3) is 0.120. The highest BCUT2D eigenvalue weighted by molar-refractivity contribution is 14.1. The van der Waals surface area contributed by atoms with Crippen molar-refractivity contribution in [2.45, 2.75) is 12.8 Å². The van der Waals surface area contributed by atoms with Crippen LogP contribution in [0.1, 0.15) is 16.7 Å². The second-order valence-corrected chi connectivity index (χ2v) is 8.83. The van der Waals surface area contributed by atoms with E-state index in [9.17, 15) is 27.6 Å². The maximum Gasteiger partial charge on any atom is 0.416 e. The summed E-state index contributed by atoms with van der Waals surface area (Å²) in [6.07, 6.45) is -3.38. The number of carbonyl (C=O) groups is 1. The molecule has 36 heavy (non-hydrogen) atoms. The molecule has 11 heteroatoms. The first-order chi connectivity index (χ1) is 17.0. The van der Waals surface area contributed by atoms with E-state index in [1.54, 1.807) is 24.3 Å².